The van der Waals surface area contributed by atoms with Crippen LogP contribution in [-0.4, -0.2) is 24.5 Å². The lowest BCUT2D eigenvalue weighted by molar-refractivity contribution is 0.0951. The van der Waals surface area contributed by atoms with Gasteiger partial charge in [0.15, 0.2) is 0 Å². The van der Waals surface area contributed by atoms with Crippen LogP contribution in [0.2, 0.25) is 0 Å². The topological polar surface area (TPSA) is 77.2 Å². The minimum atomic E-state index is -0.136. The van der Waals surface area contributed by atoms with Crippen molar-refractivity contribution < 1.29 is 9.53 Å². The summed E-state index contributed by atoms with van der Waals surface area (Å²) in [5.74, 6) is 6.08. The van der Waals surface area contributed by atoms with Gasteiger partial charge in [-0.3, -0.25) is 4.79 Å². The summed E-state index contributed by atoms with van der Waals surface area (Å²) in [5, 5.41) is 4.62. The van der Waals surface area contributed by atoms with E-state index >= 15 is 0 Å². The maximum Gasteiger partial charge on any atom is 0.252 e. The van der Waals surface area contributed by atoms with Crippen molar-refractivity contribution >= 4 is 17.2 Å². The number of hydrogen-bond acceptors (Lipinski definition) is 5. The molecule has 2 aromatic rings. The van der Waals surface area contributed by atoms with Gasteiger partial charge in [-0.2, -0.15) is 0 Å². The molecule has 0 radical (unpaired) electrons. The Morgan fingerprint density at radius 3 is 3.05 bits per heavy atom. The van der Waals surface area contributed by atoms with Crippen LogP contribution in [-0.2, 0) is 6.54 Å². The van der Waals surface area contributed by atoms with Crippen molar-refractivity contribution in [1.29, 1.82) is 0 Å². The van der Waals surface area contributed by atoms with E-state index in [2.05, 4.69) is 22.1 Å². The van der Waals surface area contributed by atoms with Crippen LogP contribution in [0.25, 0.3) is 0 Å². The zero-order chi connectivity index (χ0) is 15.1. The second-order valence-corrected chi connectivity index (χ2v) is 5.01. The largest absolute Gasteiger partial charge is 0.481 e. The van der Waals surface area contributed by atoms with Gasteiger partial charge in [-0.05, 0) is 11.6 Å². The number of ether oxygens (including phenoxy) is 1. The Morgan fingerprint density at radius 2 is 2.38 bits per heavy atom. The molecule has 0 fully saturated rings. The predicted octanol–water partition coefficient (Wildman–Crippen LogP) is 1.39. The molecule has 1 amide bonds. The maximum absolute atomic E-state index is 12.0. The van der Waals surface area contributed by atoms with Gasteiger partial charge in [0.05, 0.1) is 24.1 Å². The lowest BCUT2D eigenvalue weighted by Gasteiger charge is -2.04. The average molecular weight is 301 g/mol. The molecule has 21 heavy (non-hydrogen) atoms. The Kier molecular flexibility index (Phi) is 5.32. The Labute approximate surface area is 127 Å². The summed E-state index contributed by atoms with van der Waals surface area (Å²) >= 11 is 1.43. The summed E-state index contributed by atoms with van der Waals surface area (Å²) in [6.45, 7) is 0.722. The minimum absolute atomic E-state index is 0.136. The van der Waals surface area contributed by atoms with Crippen molar-refractivity contribution in [3.8, 4) is 17.7 Å². The van der Waals surface area contributed by atoms with E-state index in [0.717, 1.165) is 10.4 Å². The van der Waals surface area contributed by atoms with Crippen molar-refractivity contribution in [3.05, 3.63) is 45.8 Å². The van der Waals surface area contributed by atoms with E-state index in [1.807, 2.05) is 6.07 Å². The van der Waals surface area contributed by atoms with Crippen molar-refractivity contribution in [3.63, 3.8) is 0 Å². The fourth-order valence-electron chi connectivity index (χ4n) is 1.58. The quantitative estimate of drug-likeness (QED) is 0.837. The molecule has 2 rings (SSSR count). The van der Waals surface area contributed by atoms with Crippen LogP contribution < -0.4 is 15.8 Å². The molecular formula is C15H15N3O2S. The van der Waals surface area contributed by atoms with Crippen LogP contribution in [0.15, 0.2) is 29.8 Å². The third kappa shape index (κ3) is 4.31. The summed E-state index contributed by atoms with van der Waals surface area (Å²) in [6.07, 6.45) is 1.67. The first kappa shape index (κ1) is 15.0. The molecule has 108 valence electrons. The number of carbonyl (C=O) groups excluding carboxylic acids is 1. The third-order valence-corrected chi connectivity index (χ3v) is 3.48. The van der Waals surface area contributed by atoms with E-state index in [1.54, 1.807) is 30.8 Å². The van der Waals surface area contributed by atoms with Crippen LogP contribution in [0, 0.1) is 11.8 Å². The molecule has 0 spiro atoms. The molecular weight excluding hydrogens is 286 g/mol. The molecule has 0 saturated heterocycles. The number of nitrogens with two attached hydrogens (primary N) is 1. The van der Waals surface area contributed by atoms with Gasteiger partial charge in [-0.1, -0.05) is 17.9 Å². The van der Waals surface area contributed by atoms with Crippen LogP contribution in [0.5, 0.6) is 5.88 Å². The minimum Gasteiger partial charge on any atom is -0.481 e. The fourth-order valence-corrected chi connectivity index (χ4v) is 2.33. The number of hydrogen-bond donors (Lipinski definition) is 2. The Morgan fingerprint density at radius 1 is 1.52 bits per heavy atom. The van der Waals surface area contributed by atoms with Crippen LogP contribution in [0.3, 0.4) is 0 Å². The highest BCUT2D eigenvalue weighted by atomic mass is 32.1. The van der Waals surface area contributed by atoms with E-state index in [-0.39, 0.29) is 5.91 Å². The zero-order valence-corrected chi connectivity index (χ0v) is 12.4. The van der Waals surface area contributed by atoms with Crippen molar-refractivity contribution in [1.82, 2.24) is 10.3 Å². The summed E-state index contributed by atoms with van der Waals surface area (Å²) in [5.41, 5.74) is 6.82. The highest BCUT2D eigenvalue weighted by molar-refractivity contribution is 7.10. The van der Waals surface area contributed by atoms with E-state index < -0.39 is 0 Å². The third-order valence-electron chi connectivity index (χ3n) is 2.64. The molecule has 0 aliphatic rings. The molecule has 0 aliphatic heterocycles. The monoisotopic (exact) mass is 301 g/mol. The van der Waals surface area contributed by atoms with E-state index in [0.29, 0.717) is 24.5 Å². The van der Waals surface area contributed by atoms with Crippen LogP contribution >= 0.6 is 11.3 Å². The molecule has 0 aromatic carbocycles. The number of nitrogens with one attached hydrogen (secondary N) is 1. The fraction of sp³-hybridized carbons (Fsp3) is 0.200. The number of thiophene rings is 1. The normalized spacial score (nSPS) is 9.62. The average Bonchev–Trinajstić information content (AvgIpc) is 3.00. The van der Waals surface area contributed by atoms with Gasteiger partial charge >= 0.3 is 0 Å². The summed E-state index contributed by atoms with van der Waals surface area (Å²) in [7, 11) is 1.56. The van der Waals surface area contributed by atoms with Gasteiger partial charge in [0, 0.05) is 24.2 Å². The second-order valence-electron chi connectivity index (χ2n) is 4.10. The van der Waals surface area contributed by atoms with Crippen molar-refractivity contribution in [2.75, 3.05) is 13.7 Å². The summed E-state index contributed by atoms with van der Waals surface area (Å²) in [4.78, 5) is 16.9. The zero-order valence-electron chi connectivity index (χ0n) is 11.6. The molecule has 0 aliphatic carbocycles. The first-order valence-corrected chi connectivity index (χ1v) is 7.15. The first-order chi connectivity index (χ1) is 10.2. The van der Waals surface area contributed by atoms with E-state index in [1.165, 1.54) is 11.3 Å². The summed E-state index contributed by atoms with van der Waals surface area (Å²) < 4.78 is 4.98. The Hall–Kier alpha value is -2.36. The second kappa shape index (κ2) is 7.43. The number of amides is 1. The molecule has 5 nitrogen and oxygen atoms in total. The van der Waals surface area contributed by atoms with E-state index in [9.17, 15) is 4.79 Å². The lowest BCUT2D eigenvalue weighted by Crippen LogP contribution is -2.22. The van der Waals surface area contributed by atoms with Gasteiger partial charge in [0.1, 0.15) is 0 Å². The van der Waals surface area contributed by atoms with Crippen molar-refractivity contribution in [2.45, 2.75) is 6.54 Å². The molecule has 0 unspecified atom stereocenters. The van der Waals surface area contributed by atoms with Gasteiger partial charge in [0.25, 0.3) is 5.91 Å². The molecule has 6 heteroatoms. The van der Waals surface area contributed by atoms with Gasteiger partial charge in [-0.15, -0.1) is 11.3 Å². The molecule has 3 N–H and O–H groups in total. The Bertz CT molecular complexity index is 668. The summed E-state index contributed by atoms with van der Waals surface area (Å²) in [6, 6.07) is 5.37. The van der Waals surface area contributed by atoms with Crippen LogP contribution in [0.1, 0.15) is 20.8 Å². The Balaban J connectivity index is 1.93. The molecule has 0 saturated carbocycles. The molecule has 0 bridgehead atoms. The SMILES string of the molecule is COc1ccc(CNC(=O)c2csc(C#CCN)c2)cn1. The number of nitrogens with zero attached hydrogens (tertiary/aromatic N) is 1. The number of rotatable bonds is 4. The molecule has 0 atom stereocenters. The van der Waals surface area contributed by atoms with E-state index in [4.69, 9.17) is 10.5 Å². The number of carbonyl (C=O) groups is 1. The number of aromatic nitrogens is 1. The standard InChI is InChI=1S/C15H15N3O2S/c1-20-14-5-4-11(8-17-14)9-18-15(19)12-7-13(21-10-12)3-2-6-16/h4-5,7-8,10H,6,9,16H2,1H3,(H,18,19). The lowest BCUT2D eigenvalue weighted by atomic mass is 10.2. The van der Waals surface area contributed by atoms with Crippen LogP contribution in [0.4, 0.5) is 0 Å². The number of pyridine rings is 1. The number of methoxy groups -OCH3 is 1. The van der Waals surface area contributed by atoms with Gasteiger partial charge in [0.2, 0.25) is 5.88 Å². The smallest absolute Gasteiger partial charge is 0.252 e. The maximum atomic E-state index is 12.0. The molecule has 2 aromatic heterocycles. The predicted molar refractivity (Wildman–Crippen MR) is 82.2 cm³/mol. The first-order valence-electron chi connectivity index (χ1n) is 6.27. The highest BCUT2D eigenvalue weighted by Gasteiger charge is 2.07. The highest BCUT2D eigenvalue weighted by Crippen LogP contribution is 2.13. The van der Waals surface area contributed by atoms with Gasteiger partial charge < -0.3 is 15.8 Å². The molecule has 2 heterocycles. The van der Waals surface area contributed by atoms with Crippen molar-refractivity contribution in [2.24, 2.45) is 5.73 Å². The van der Waals surface area contributed by atoms with Gasteiger partial charge in [-0.25, -0.2) is 4.98 Å².